The molecule has 0 aromatic carbocycles. The molecule has 3 fully saturated rings. The zero-order chi connectivity index (χ0) is 6.60. The molecule has 1 saturated carbocycles. The molecule has 0 bridgehead atoms. The minimum atomic E-state index is 0.567. The van der Waals surface area contributed by atoms with Crippen LogP contribution in [0.3, 0.4) is 0 Å². The van der Waals surface area contributed by atoms with Crippen molar-refractivity contribution in [2.24, 2.45) is 5.41 Å². The molecule has 0 aromatic heterocycles. The zero-order valence-corrected chi connectivity index (χ0v) is 6.01. The van der Waals surface area contributed by atoms with Gasteiger partial charge in [-0.1, -0.05) is 0 Å². The highest BCUT2D eigenvalue weighted by Crippen LogP contribution is 2.49. The van der Waals surface area contributed by atoms with E-state index in [1.54, 1.807) is 0 Å². The summed E-state index contributed by atoms with van der Waals surface area (Å²) >= 11 is 0. The molecule has 0 N–H and O–H groups in total. The van der Waals surface area contributed by atoms with Crippen LogP contribution in [0, 0.1) is 5.41 Å². The lowest BCUT2D eigenvalue weighted by molar-refractivity contribution is -0.127. The molecular formula is C8H12O2. The maximum atomic E-state index is 5.45. The average molecular weight is 140 g/mol. The van der Waals surface area contributed by atoms with Crippen molar-refractivity contribution in [1.29, 1.82) is 0 Å². The van der Waals surface area contributed by atoms with Gasteiger partial charge in [0, 0.05) is 5.41 Å². The van der Waals surface area contributed by atoms with Crippen molar-refractivity contribution in [2.45, 2.75) is 31.5 Å². The van der Waals surface area contributed by atoms with Crippen molar-refractivity contribution in [1.82, 2.24) is 0 Å². The molecule has 3 rings (SSSR count). The Hall–Kier alpha value is -0.0800. The predicted octanol–water partition coefficient (Wildman–Crippen LogP) is 0.954. The van der Waals surface area contributed by atoms with E-state index >= 15 is 0 Å². The van der Waals surface area contributed by atoms with Gasteiger partial charge in [-0.15, -0.1) is 0 Å². The topological polar surface area (TPSA) is 21.8 Å². The normalized spacial score (nSPS) is 48.0. The Morgan fingerprint density at radius 3 is 2.70 bits per heavy atom. The van der Waals surface area contributed by atoms with Crippen LogP contribution < -0.4 is 0 Å². The summed E-state index contributed by atoms with van der Waals surface area (Å²) in [7, 11) is 0. The van der Waals surface area contributed by atoms with E-state index in [1.807, 2.05) is 0 Å². The summed E-state index contributed by atoms with van der Waals surface area (Å²) in [5, 5.41) is 0. The van der Waals surface area contributed by atoms with Crippen molar-refractivity contribution < 1.29 is 9.47 Å². The zero-order valence-electron chi connectivity index (χ0n) is 6.01. The van der Waals surface area contributed by atoms with Gasteiger partial charge < -0.3 is 9.47 Å². The molecule has 2 atom stereocenters. The van der Waals surface area contributed by atoms with Crippen LogP contribution in [0.2, 0.25) is 0 Å². The van der Waals surface area contributed by atoms with E-state index in [4.69, 9.17) is 9.47 Å². The van der Waals surface area contributed by atoms with Gasteiger partial charge in [0.2, 0.25) is 0 Å². The Balaban J connectivity index is 1.75. The molecule has 3 aliphatic rings. The first-order valence-electron chi connectivity index (χ1n) is 4.11. The Bertz CT molecular complexity index is 163. The minimum Gasteiger partial charge on any atom is -0.380 e. The van der Waals surface area contributed by atoms with Crippen LogP contribution in [0.4, 0.5) is 0 Å². The number of ether oxygens (including phenoxy) is 2. The molecule has 0 radical (unpaired) electrons. The molecule has 2 nitrogen and oxygen atoms in total. The molecule has 2 saturated heterocycles. The molecule has 1 aliphatic carbocycles. The molecule has 0 amide bonds. The van der Waals surface area contributed by atoms with E-state index in [0.29, 0.717) is 17.6 Å². The maximum Gasteiger partial charge on any atom is 0.0848 e. The highest BCUT2D eigenvalue weighted by Gasteiger charge is 2.53. The van der Waals surface area contributed by atoms with E-state index in [1.165, 1.54) is 19.3 Å². The van der Waals surface area contributed by atoms with E-state index in [0.717, 1.165) is 13.2 Å². The first-order valence-corrected chi connectivity index (χ1v) is 4.11. The summed E-state index contributed by atoms with van der Waals surface area (Å²) < 4.78 is 10.7. The molecular weight excluding hydrogens is 128 g/mol. The van der Waals surface area contributed by atoms with Crippen LogP contribution in [0.25, 0.3) is 0 Å². The van der Waals surface area contributed by atoms with Gasteiger partial charge in [0.15, 0.2) is 0 Å². The second-order valence-electron chi connectivity index (χ2n) is 3.95. The van der Waals surface area contributed by atoms with Crippen molar-refractivity contribution in [3.05, 3.63) is 0 Å². The molecule has 10 heavy (non-hydrogen) atoms. The van der Waals surface area contributed by atoms with Gasteiger partial charge in [-0.3, -0.25) is 0 Å². The number of rotatable bonds is 0. The van der Waals surface area contributed by atoms with Crippen LogP contribution in [0.1, 0.15) is 19.3 Å². The second-order valence-corrected chi connectivity index (χ2v) is 3.95. The van der Waals surface area contributed by atoms with Crippen molar-refractivity contribution in [3.8, 4) is 0 Å². The molecule has 2 heteroatoms. The number of hydrogen-bond donors (Lipinski definition) is 0. The maximum absolute atomic E-state index is 5.45. The van der Waals surface area contributed by atoms with E-state index in [-0.39, 0.29) is 0 Å². The van der Waals surface area contributed by atoms with Gasteiger partial charge in [0.1, 0.15) is 0 Å². The first-order chi connectivity index (χ1) is 4.88. The molecule has 2 unspecified atom stereocenters. The van der Waals surface area contributed by atoms with Gasteiger partial charge in [-0.25, -0.2) is 0 Å². The number of hydrogen-bond acceptors (Lipinski definition) is 2. The predicted molar refractivity (Wildman–Crippen MR) is 35.8 cm³/mol. The Labute approximate surface area is 60.5 Å². The lowest BCUT2D eigenvalue weighted by Gasteiger charge is -2.42. The fraction of sp³-hybridized carbons (Fsp3) is 1.00. The summed E-state index contributed by atoms with van der Waals surface area (Å²) in [6.45, 7) is 2.00. The summed E-state index contributed by atoms with van der Waals surface area (Å²) in [5.41, 5.74) is 0.567. The van der Waals surface area contributed by atoms with Crippen LogP contribution in [0.5, 0.6) is 0 Å². The highest BCUT2D eigenvalue weighted by atomic mass is 16.6. The highest BCUT2D eigenvalue weighted by molar-refractivity contribution is 5.01. The van der Waals surface area contributed by atoms with Gasteiger partial charge in [-0.2, -0.15) is 0 Å². The van der Waals surface area contributed by atoms with Crippen molar-refractivity contribution in [2.75, 3.05) is 13.2 Å². The lowest BCUT2D eigenvalue weighted by Crippen LogP contribution is -2.45. The Morgan fingerprint density at radius 2 is 2.10 bits per heavy atom. The quantitative estimate of drug-likeness (QED) is 0.467. The smallest absolute Gasteiger partial charge is 0.0848 e. The summed E-state index contributed by atoms with van der Waals surface area (Å²) in [6, 6.07) is 0. The largest absolute Gasteiger partial charge is 0.380 e. The molecule has 2 aliphatic heterocycles. The monoisotopic (exact) mass is 140 g/mol. The Morgan fingerprint density at radius 1 is 1.20 bits per heavy atom. The van der Waals surface area contributed by atoms with Crippen LogP contribution in [-0.2, 0) is 9.47 Å². The SMILES string of the molecule is C1CC2(COC2)CC2OC12. The fourth-order valence-corrected chi connectivity index (χ4v) is 2.24. The third-order valence-corrected chi connectivity index (χ3v) is 3.10. The van der Waals surface area contributed by atoms with E-state index < -0.39 is 0 Å². The van der Waals surface area contributed by atoms with E-state index in [2.05, 4.69) is 0 Å². The molecule has 1 spiro atoms. The van der Waals surface area contributed by atoms with Gasteiger partial charge >= 0.3 is 0 Å². The van der Waals surface area contributed by atoms with Gasteiger partial charge in [0.25, 0.3) is 0 Å². The van der Waals surface area contributed by atoms with Crippen molar-refractivity contribution in [3.63, 3.8) is 0 Å². The van der Waals surface area contributed by atoms with Crippen molar-refractivity contribution >= 4 is 0 Å². The molecule has 2 heterocycles. The fourth-order valence-electron chi connectivity index (χ4n) is 2.24. The third-order valence-electron chi connectivity index (χ3n) is 3.10. The molecule has 56 valence electrons. The second kappa shape index (κ2) is 1.56. The number of fused-ring (bicyclic) bond motifs is 1. The number of epoxide rings is 1. The third kappa shape index (κ3) is 0.611. The van der Waals surface area contributed by atoms with E-state index in [9.17, 15) is 0 Å². The summed E-state index contributed by atoms with van der Waals surface area (Å²) in [5.74, 6) is 0. The van der Waals surface area contributed by atoms with Crippen LogP contribution in [-0.4, -0.2) is 25.4 Å². The average Bonchev–Trinajstić information content (AvgIpc) is 2.60. The summed E-state index contributed by atoms with van der Waals surface area (Å²) in [6.07, 6.45) is 5.17. The molecule has 0 aromatic rings. The summed E-state index contributed by atoms with van der Waals surface area (Å²) in [4.78, 5) is 0. The lowest BCUT2D eigenvalue weighted by atomic mass is 9.73. The van der Waals surface area contributed by atoms with Gasteiger partial charge in [0.05, 0.1) is 25.4 Å². The van der Waals surface area contributed by atoms with Gasteiger partial charge in [-0.05, 0) is 19.3 Å². The van der Waals surface area contributed by atoms with Crippen LogP contribution >= 0.6 is 0 Å². The standard InChI is InChI=1S/C8H12O2/c1-2-8(4-9-5-8)3-7-6(1)10-7/h6-7H,1-5H2. The Kier molecular flexibility index (Phi) is 0.868. The first kappa shape index (κ1) is 5.56. The minimum absolute atomic E-state index is 0.567. The van der Waals surface area contributed by atoms with Crippen LogP contribution in [0.15, 0.2) is 0 Å².